The third-order valence-electron chi connectivity index (χ3n) is 1.87. The van der Waals surface area contributed by atoms with E-state index < -0.39 is 11.9 Å². The largest absolute Gasteiger partial charge is 0.422 e. The second-order valence-corrected chi connectivity index (χ2v) is 5.63. The van der Waals surface area contributed by atoms with Gasteiger partial charge in [0.2, 0.25) is 0 Å². The minimum atomic E-state index is -0.482. The van der Waals surface area contributed by atoms with E-state index in [-0.39, 0.29) is 11.5 Å². The van der Waals surface area contributed by atoms with Crippen molar-refractivity contribution >= 4 is 63.2 Å². The number of hydrogen-bond acceptors (Lipinski definition) is 4. The smallest absolute Gasteiger partial charge is 0.308 e. The maximum absolute atomic E-state index is 11.1. The van der Waals surface area contributed by atoms with Gasteiger partial charge in [0.15, 0.2) is 11.5 Å². The topological polar surface area (TPSA) is 52.6 Å². The summed E-state index contributed by atoms with van der Waals surface area (Å²) in [6, 6.07) is 1.82. The van der Waals surface area contributed by atoms with Gasteiger partial charge in [-0.1, -0.05) is 12.7 Å². The summed E-state index contributed by atoms with van der Waals surface area (Å²) in [5.74, 6) is -0.487. The van der Waals surface area contributed by atoms with Crippen LogP contribution >= 0.6 is 45.2 Å². The van der Waals surface area contributed by atoms with E-state index in [9.17, 15) is 9.59 Å². The van der Waals surface area contributed by atoms with Crippen molar-refractivity contribution in [1.29, 1.82) is 0 Å². The molecule has 0 saturated carbocycles. The van der Waals surface area contributed by atoms with Gasteiger partial charge < -0.3 is 9.47 Å². The molecule has 1 rings (SSSR count). The van der Waals surface area contributed by atoms with Crippen LogP contribution in [-0.2, 0) is 9.59 Å². The molecule has 0 radical (unpaired) electrons. The van der Waals surface area contributed by atoms with Crippen LogP contribution in [0, 0.1) is 7.14 Å². The van der Waals surface area contributed by atoms with E-state index in [0.717, 1.165) is 3.57 Å². The molecule has 0 heterocycles. The minimum absolute atomic E-state index is 0.226. The lowest BCUT2D eigenvalue weighted by Crippen LogP contribution is -2.10. The highest BCUT2D eigenvalue weighted by Crippen LogP contribution is 2.39. The molecule has 0 aliphatic rings. The highest BCUT2D eigenvalue weighted by molar-refractivity contribution is 14.1. The van der Waals surface area contributed by atoms with E-state index in [1.807, 2.05) is 28.7 Å². The molecule has 0 fully saturated rings. The Morgan fingerprint density at radius 1 is 1.11 bits per heavy atom. The summed E-state index contributed by atoms with van der Waals surface area (Å²) in [6.45, 7) is 6.25. The van der Waals surface area contributed by atoms with Gasteiger partial charge in [-0.15, -0.1) is 0 Å². The first kappa shape index (κ1) is 15.4. The van der Waals surface area contributed by atoms with Gasteiger partial charge >= 0.3 is 11.9 Å². The van der Waals surface area contributed by atoms with Gasteiger partial charge in [-0.3, -0.25) is 9.59 Å². The number of esters is 2. The van der Waals surface area contributed by atoms with Gasteiger partial charge in [0.25, 0.3) is 0 Å². The second-order valence-electron chi connectivity index (χ2n) is 3.30. The van der Waals surface area contributed by atoms with Crippen molar-refractivity contribution < 1.29 is 19.1 Å². The lowest BCUT2D eigenvalue weighted by atomic mass is 10.2. The number of hydrogen-bond donors (Lipinski definition) is 0. The Bertz CT molecular complexity index is 523. The first-order valence-electron chi connectivity index (χ1n) is 4.88. The maximum atomic E-state index is 11.1. The molecule has 0 amide bonds. The van der Waals surface area contributed by atoms with E-state index in [2.05, 4.69) is 29.2 Å². The number of rotatable bonds is 3. The molecule has 0 atom stereocenters. The summed E-state index contributed by atoms with van der Waals surface area (Å²) >= 11 is 4.12. The van der Waals surface area contributed by atoms with E-state index in [1.165, 1.54) is 13.8 Å². The fourth-order valence-corrected chi connectivity index (χ4v) is 3.31. The Labute approximate surface area is 132 Å². The Kier molecular flexibility index (Phi) is 5.57. The van der Waals surface area contributed by atoms with Crippen molar-refractivity contribution in [2.24, 2.45) is 0 Å². The minimum Gasteiger partial charge on any atom is -0.422 e. The molecule has 0 unspecified atom stereocenters. The lowest BCUT2D eigenvalue weighted by molar-refractivity contribution is -0.134. The van der Waals surface area contributed by atoms with Crippen molar-refractivity contribution in [3.8, 4) is 11.5 Å². The van der Waals surface area contributed by atoms with Gasteiger partial charge in [0, 0.05) is 23.0 Å². The zero-order valence-corrected chi connectivity index (χ0v) is 14.1. The molecule has 6 heteroatoms. The molecule has 0 aliphatic carbocycles. The summed E-state index contributed by atoms with van der Waals surface area (Å²) in [6.07, 6.45) is 1.56. The normalized spacial score (nSPS) is 9.78. The van der Waals surface area contributed by atoms with Crippen LogP contribution in [0.5, 0.6) is 11.5 Å². The van der Waals surface area contributed by atoms with Crippen LogP contribution in [0.15, 0.2) is 12.6 Å². The van der Waals surface area contributed by atoms with Crippen molar-refractivity contribution in [2.45, 2.75) is 13.8 Å². The Morgan fingerprint density at radius 2 is 1.61 bits per heavy atom. The highest BCUT2D eigenvalue weighted by atomic mass is 127. The number of carbonyl (C=O) groups is 2. The molecule has 4 nitrogen and oxygen atoms in total. The molecule has 1 aromatic rings. The summed E-state index contributed by atoms with van der Waals surface area (Å²) in [5.41, 5.74) is 0.627. The van der Waals surface area contributed by atoms with E-state index in [0.29, 0.717) is 9.13 Å². The first-order valence-corrected chi connectivity index (χ1v) is 7.03. The first-order chi connectivity index (χ1) is 8.36. The highest BCUT2D eigenvalue weighted by Gasteiger charge is 2.20. The zero-order chi connectivity index (χ0) is 13.9. The molecule has 0 saturated heterocycles. The zero-order valence-electron chi connectivity index (χ0n) is 9.75. The number of ether oxygens (including phenoxy) is 2. The molecule has 0 aliphatic heterocycles. The number of halogens is 2. The van der Waals surface area contributed by atoms with Gasteiger partial charge in [0.05, 0.1) is 3.57 Å². The van der Waals surface area contributed by atoms with Crippen LogP contribution in [0.25, 0.3) is 6.08 Å². The third kappa shape index (κ3) is 3.67. The molecule has 18 heavy (non-hydrogen) atoms. The molecular formula is C12H10I2O4. The molecule has 0 N–H and O–H groups in total. The Balaban J connectivity index is 3.49. The Hall–Kier alpha value is -0.640. The summed E-state index contributed by atoms with van der Waals surface area (Å²) in [7, 11) is 0. The van der Waals surface area contributed by atoms with Crippen LogP contribution < -0.4 is 9.47 Å². The lowest BCUT2D eigenvalue weighted by Gasteiger charge is -2.14. The van der Waals surface area contributed by atoms with E-state index >= 15 is 0 Å². The van der Waals surface area contributed by atoms with Crippen LogP contribution in [0.3, 0.4) is 0 Å². The van der Waals surface area contributed by atoms with Crippen molar-refractivity contribution in [3.63, 3.8) is 0 Å². The van der Waals surface area contributed by atoms with Crippen LogP contribution in [0.4, 0.5) is 0 Å². The van der Waals surface area contributed by atoms with Crippen molar-refractivity contribution in [1.82, 2.24) is 0 Å². The molecule has 0 aromatic heterocycles. The average Bonchev–Trinajstić information content (AvgIpc) is 2.23. The van der Waals surface area contributed by atoms with Gasteiger partial charge in [-0.25, -0.2) is 0 Å². The van der Waals surface area contributed by atoms with E-state index in [1.54, 1.807) is 6.08 Å². The monoisotopic (exact) mass is 472 g/mol. The quantitative estimate of drug-likeness (QED) is 0.385. The molecule has 96 valence electrons. The van der Waals surface area contributed by atoms with Gasteiger partial charge in [0.1, 0.15) is 0 Å². The third-order valence-corrected chi connectivity index (χ3v) is 3.57. The second kappa shape index (κ2) is 6.50. The SMILES string of the molecule is C=Cc1c(I)cc(I)c(OC(C)=O)c1OC(C)=O. The van der Waals surface area contributed by atoms with Gasteiger partial charge in [-0.05, 0) is 51.2 Å². The molecule has 0 bridgehead atoms. The molecule has 1 aromatic carbocycles. The fraction of sp³-hybridized carbons (Fsp3) is 0.167. The summed E-state index contributed by atoms with van der Waals surface area (Å²) in [4.78, 5) is 22.2. The molecular weight excluding hydrogens is 462 g/mol. The summed E-state index contributed by atoms with van der Waals surface area (Å²) in [5, 5.41) is 0. The Morgan fingerprint density at radius 3 is 2.06 bits per heavy atom. The van der Waals surface area contributed by atoms with E-state index in [4.69, 9.17) is 9.47 Å². The molecule has 0 spiro atoms. The fourth-order valence-electron chi connectivity index (χ4n) is 1.27. The van der Waals surface area contributed by atoms with Crippen LogP contribution in [-0.4, -0.2) is 11.9 Å². The number of benzene rings is 1. The van der Waals surface area contributed by atoms with Crippen LogP contribution in [0.2, 0.25) is 0 Å². The van der Waals surface area contributed by atoms with Crippen molar-refractivity contribution in [3.05, 3.63) is 25.3 Å². The predicted octanol–water partition coefficient (Wildman–Crippen LogP) is 3.39. The predicted molar refractivity (Wildman–Crippen MR) is 84.6 cm³/mol. The average molecular weight is 472 g/mol. The maximum Gasteiger partial charge on any atom is 0.308 e. The summed E-state index contributed by atoms with van der Waals surface area (Å²) < 4.78 is 11.8. The van der Waals surface area contributed by atoms with Crippen LogP contribution in [0.1, 0.15) is 19.4 Å². The number of carbonyl (C=O) groups excluding carboxylic acids is 2. The van der Waals surface area contributed by atoms with Crippen molar-refractivity contribution in [2.75, 3.05) is 0 Å². The van der Waals surface area contributed by atoms with Gasteiger partial charge in [-0.2, -0.15) is 0 Å². The standard InChI is InChI=1S/C12H10I2O4/c1-4-8-9(13)5-10(14)12(18-7(3)16)11(8)17-6(2)15/h4-5H,1H2,2-3H3.